The van der Waals surface area contributed by atoms with Gasteiger partial charge in [-0.05, 0) is 56.8 Å². The molecule has 0 saturated heterocycles. The second kappa shape index (κ2) is 6.19. The summed E-state index contributed by atoms with van der Waals surface area (Å²) in [4.78, 5) is 7.11. The molecule has 0 amide bonds. The molecule has 1 atom stereocenters. The molecule has 3 nitrogen and oxygen atoms in total. The molecule has 1 aliphatic carbocycles. The van der Waals surface area contributed by atoms with Gasteiger partial charge in [0.25, 0.3) is 0 Å². The highest BCUT2D eigenvalue weighted by Gasteiger charge is 2.24. The van der Waals surface area contributed by atoms with Crippen molar-refractivity contribution in [3.63, 3.8) is 0 Å². The van der Waals surface area contributed by atoms with Gasteiger partial charge >= 0.3 is 0 Å². The van der Waals surface area contributed by atoms with Crippen LogP contribution >= 0.6 is 0 Å². The van der Waals surface area contributed by atoms with E-state index < -0.39 is 0 Å². The van der Waals surface area contributed by atoms with E-state index in [0.29, 0.717) is 11.9 Å². The van der Waals surface area contributed by atoms with Crippen LogP contribution in [0.3, 0.4) is 0 Å². The summed E-state index contributed by atoms with van der Waals surface area (Å²) in [6, 6.07) is 4.80. The van der Waals surface area contributed by atoms with Crippen molar-refractivity contribution in [2.75, 3.05) is 18.8 Å². The first kappa shape index (κ1) is 13.3. The lowest BCUT2D eigenvalue weighted by Gasteiger charge is -2.34. The van der Waals surface area contributed by atoms with Crippen LogP contribution in [-0.4, -0.2) is 29.0 Å². The molecule has 2 N–H and O–H groups in total. The Balaban J connectivity index is 2.07. The quantitative estimate of drug-likeness (QED) is 0.869. The lowest BCUT2D eigenvalue weighted by Crippen LogP contribution is -2.40. The molecular weight excluding hydrogens is 222 g/mol. The van der Waals surface area contributed by atoms with Gasteiger partial charge < -0.3 is 10.6 Å². The largest absolute Gasteiger partial charge is 0.384 e. The van der Waals surface area contributed by atoms with E-state index in [-0.39, 0.29) is 0 Å². The SMILES string of the molecule is CCCN(CCC)[C@H]1CCc2nc(N)ccc2C1. The summed E-state index contributed by atoms with van der Waals surface area (Å²) in [5.74, 6) is 0.658. The summed E-state index contributed by atoms with van der Waals surface area (Å²) < 4.78 is 0. The monoisotopic (exact) mass is 247 g/mol. The van der Waals surface area contributed by atoms with Crippen molar-refractivity contribution in [1.29, 1.82) is 0 Å². The Bertz CT molecular complexity index is 383. The van der Waals surface area contributed by atoms with Crippen molar-refractivity contribution < 1.29 is 0 Å². The number of pyridine rings is 1. The van der Waals surface area contributed by atoms with Gasteiger partial charge in [-0.1, -0.05) is 19.9 Å². The minimum absolute atomic E-state index is 0.658. The van der Waals surface area contributed by atoms with Gasteiger partial charge in [0.05, 0.1) is 0 Å². The summed E-state index contributed by atoms with van der Waals surface area (Å²) in [6.45, 7) is 6.97. The summed E-state index contributed by atoms with van der Waals surface area (Å²) >= 11 is 0. The minimum atomic E-state index is 0.658. The Kier molecular flexibility index (Phi) is 4.59. The summed E-state index contributed by atoms with van der Waals surface area (Å²) in [5, 5.41) is 0. The fourth-order valence-corrected chi connectivity index (χ4v) is 2.97. The predicted molar refractivity (Wildman–Crippen MR) is 76.6 cm³/mol. The van der Waals surface area contributed by atoms with Crippen LogP contribution < -0.4 is 5.73 Å². The molecular formula is C15H25N3. The zero-order valence-electron chi connectivity index (χ0n) is 11.7. The van der Waals surface area contributed by atoms with Crippen molar-refractivity contribution >= 4 is 5.82 Å². The molecule has 1 aliphatic rings. The van der Waals surface area contributed by atoms with E-state index >= 15 is 0 Å². The first-order chi connectivity index (χ1) is 8.74. The zero-order chi connectivity index (χ0) is 13.0. The predicted octanol–water partition coefficient (Wildman–Crippen LogP) is 2.64. The number of nitrogens with two attached hydrogens (primary N) is 1. The van der Waals surface area contributed by atoms with E-state index in [1.54, 1.807) is 0 Å². The Hall–Kier alpha value is -1.09. The van der Waals surface area contributed by atoms with Crippen LogP contribution in [0, 0.1) is 0 Å². The molecule has 100 valence electrons. The summed E-state index contributed by atoms with van der Waals surface area (Å²) in [7, 11) is 0. The third-order valence-corrected chi connectivity index (χ3v) is 3.80. The van der Waals surface area contributed by atoms with Gasteiger partial charge in [-0.2, -0.15) is 0 Å². The summed E-state index contributed by atoms with van der Waals surface area (Å²) in [6.07, 6.45) is 5.92. The number of aromatic nitrogens is 1. The number of hydrogen-bond acceptors (Lipinski definition) is 3. The first-order valence-electron chi connectivity index (χ1n) is 7.23. The smallest absolute Gasteiger partial charge is 0.123 e. The van der Waals surface area contributed by atoms with Crippen LogP contribution in [-0.2, 0) is 12.8 Å². The van der Waals surface area contributed by atoms with E-state index in [1.165, 1.54) is 43.6 Å². The lowest BCUT2D eigenvalue weighted by atomic mass is 9.90. The Morgan fingerprint density at radius 3 is 2.67 bits per heavy atom. The van der Waals surface area contributed by atoms with Crippen molar-refractivity contribution in [1.82, 2.24) is 9.88 Å². The number of aryl methyl sites for hydroxylation is 1. The topological polar surface area (TPSA) is 42.2 Å². The molecule has 0 spiro atoms. The van der Waals surface area contributed by atoms with Gasteiger partial charge in [0.15, 0.2) is 0 Å². The Morgan fingerprint density at radius 2 is 2.00 bits per heavy atom. The van der Waals surface area contributed by atoms with Crippen molar-refractivity contribution in [3.8, 4) is 0 Å². The third kappa shape index (κ3) is 3.02. The van der Waals surface area contributed by atoms with Crippen LogP contribution in [0.25, 0.3) is 0 Å². The fourth-order valence-electron chi connectivity index (χ4n) is 2.97. The first-order valence-corrected chi connectivity index (χ1v) is 7.23. The normalized spacial score (nSPS) is 18.9. The average molecular weight is 247 g/mol. The van der Waals surface area contributed by atoms with Crippen molar-refractivity contribution in [3.05, 3.63) is 23.4 Å². The number of nitrogen functional groups attached to an aromatic ring is 1. The molecule has 0 unspecified atom stereocenters. The van der Waals surface area contributed by atoms with Crippen LogP contribution in [0.1, 0.15) is 44.4 Å². The molecule has 0 aromatic carbocycles. The molecule has 18 heavy (non-hydrogen) atoms. The van der Waals surface area contributed by atoms with Crippen LogP contribution in [0.2, 0.25) is 0 Å². The lowest BCUT2D eigenvalue weighted by molar-refractivity contribution is 0.179. The fraction of sp³-hybridized carbons (Fsp3) is 0.667. The van der Waals surface area contributed by atoms with E-state index in [0.717, 1.165) is 12.8 Å². The molecule has 0 fully saturated rings. The maximum absolute atomic E-state index is 5.75. The molecule has 0 aliphatic heterocycles. The molecule has 0 saturated carbocycles. The molecule has 0 bridgehead atoms. The number of hydrogen-bond donors (Lipinski definition) is 1. The van der Waals surface area contributed by atoms with Gasteiger partial charge in [-0.15, -0.1) is 0 Å². The van der Waals surface area contributed by atoms with E-state index in [2.05, 4.69) is 29.8 Å². The Labute approximate surface area is 110 Å². The minimum Gasteiger partial charge on any atom is -0.384 e. The number of anilines is 1. The number of nitrogens with zero attached hydrogens (tertiary/aromatic N) is 2. The number of rotatable bonds is 5. The van der Waals surface area contributed by atoms with E-state index in [4.69, 9.17) is 5.73 Å². The third-order valence-electron chi connectivity index (χ3n) is 3.80. The molecule has 1 aromatic rings. The second-order valence-corrected chi connectivity index (χ2v) is 5.27. The van der Waals surface area contributed by atoms with Crippen LogP contribution in [0.5, 0.6) is 0 Å². The van der Waals surface area contributed by atoms with Crippen molar-refractivity contribution in [2.45, 2.75) is 52.0 Å². The van der Waals surface area contributed by atoms with Gasteiger partial charge in [0.1, 0.15) is 5.82 Å². The highest BCUT2D eigenvalue weighted by Crippen LogP contribution is 2.24. The molecule has 3 heteroatoms. The van der Waals surface area contributed by atoms with Gasteiger partial charge in [0.2, 0.25) is 0 Å². The molecule has 2 rings (SSSR count). The highest BCUT2D eigenvalue weighted by molar-refractivity contribution is 5.35. The van der Waals surface area contributed by atoms with E-state index in [9.17, 15) is 0 Å². The van der Waals surface area contributed by atoms with Gasteiger partial charge in [-0.3, -0.25) is 0 Å². The molecule has 0 radical (unpaired) electrons. The standard InChI is InChI=1S/C15H25N3/c1-3-9-18(10-4-2)13-6-7-14-12(11-13)5-8-15(16)17-14/h5,8,13H,3-4,6-7,9-11H2,1-2H3,(H2,16,17)/t13-/m0/s1. The zero-order valence-corrected chi connectivity index (χ0v) is 11.7. The summed E-state index contributed by atoms with van der Waals surface area (Å²) in [5.41, 5.74) is 8.37. The van der Waals surface area contributed by atoms with E-state index in [1.807, 2.05) is 6.07 Å². The van der Waals surface area contributed by atoms with Crippen molar-refractivity contribution in [2.24, 2.45) is 0 Å². The number of fused-ring (bicyclic) bond motifs is 1. The Morgan fingerprint density at radius 1 is 1.28 bits per heavy atom. The maximum Gasteiger partial charge on any atom is 0.123 e. The molecule has 1 aromatic heterocycles. The average Bonchev–Trinajstić information content (AvgIpc) is 2.38. The van der Waals surface area contributed by atoms with Gasteiger partial charge in [-0.25, -0.2) is 4.98 Å². The maximum atomic E-state index is 5.75. The van der Waals surface area contributed by atoms with Crippen LogP contribution in [0.15, 0.2) is 12.1 Å². The van der Waals surface area contributed by atoms with Gasteiger partial charge in [0, 0.05) is 11.7 Å². The molecule has 1 heterocycles. The van der Waals surface area contributed by atoms with Crippen LogP contribution in [0.4, 0.5) is 5.82 Å². The highest BCUT2D eigenvalue weighted by atomic mass is 15.1. The second-order valence-electron chi connectivity index (χ2n) is 5.27.